The number of aliphatic hydroxyl groups is 1. The summed E-state index contributed by atoms with van der Waals surface area (Å²) in [6.45, 7) is 9.49. The monoisotopic (exact) mass is 312 g/mol. The van der Waals surface area contributed by atoms with Crippen molar-refractivity contribution in [1.29, 1.82) is 0 Å². The van der Waals surface area contributed by atoms with E-state index < -0.39 is 0 Å². The SMILES string of the molecule is CCNC(=NCC(C)(C)CO)N1CCC(CC(=O)NC)CC1. The molecule has 0 radical (unpaired) electrons. The molecule has 1 saturated heterocycles. The zero-order valence-corrected chi connectivity index (χ0v) is 14.5. The van der Waals surface area contributed by atoms with Gasteiger partial charge in [0.15, 0.2) is 5.96 Å². The molecule has 0 bridgehead atoms. The fourth-order valence-electron chi connectivity index (χ4n) is 2.48. The molecule has 0 aromatic rings. The lowest BCUT2D eigenvalue weighted by atomic mass is 9.93. The number of guanidine groups is 1. The van der Waals surface area contributed by atoms with E-state index in [1.165, 1.54) is 0 Å². The molecule has 0 atom stereocenters. The summed E-state index contributed by atoms with van der Waals surface area (Å²) in [7, 11) is 1.69. The minimum absolute atomic E-state index is 0.128. The van der Waals surface area contributed by atoms with Crippen LogP contribution in [-0.2, 0) is 4.79 Å². The van der Waals surface area contributed by atoms with Gasteiger partial charge >= 0.3 is 0 Å². The van der Waals surface area contributed by atoms with Gasteiger partial charge in [0.1, 0.15) is 0 Å². The maximum absolute atomic E-state index is 11.5. The normalized spacial score (nSPS) is 17.5. The van der Waals surface area contributed by atoms with Gasteiger partial charge in [-0.3, -0.25) is 9.79 Å². The van der Waals surface area contributed by atoms with E-state index in [0.29, 0.717) is 18.9 Å². The van der Waals surface area contributed by atoms with E-state index >= 15 is 0 Å². The van der Waals surface area contributed by atoms with Gasteiger partial charge in [-0.2, -0.15) is 0 Å². The fraction of sp³-hybridized carbons (Fsp3) is 0.875. The third-order valence-electron chi connectivity index (χ3n) is 4.09. The Labute approximate surface area is 134 Å². The smallest absolute Gasteiger partial charge is 0.220 e. The lowest BCUT2D eigenvalue weighted by molar-refractivity contribution is -0.121. The summed E-state index contributed by atoms with van der Waals surface area (Å²) in [6, 6.07) is 0. The number of carbonyl (C=O) groups excluding carboxylic acids is 1. The Kier molecular flexibility index (Phi) is 7.65. The van der Waals surface area contributed by atoms with Crippen LogP contribution >= 0.6 is 0 Å². The second-order valence-electron chi connectivity index (χ2n) is 6.80. The molecule has 1 rings (SSSR count). The first-order valence-electron chi connectivity index (χ1n) is 8.26. The number of rotatable bonds is 6. The molecular weight excluding hydrogens is 280 g/mol. The molecule has 1 aliphatic heterocycles. The van der Waals surface area contributed by atoms with Crippen molar-refractivity contribution >= 4 is 11.9 Å². The summed E-state index contributed by atoms with van der Waals surface area (Å²) >= 11 is 0. The molecule has 3 N–H and O–H groups in total. The Balaban J connectivity index is 2.56. The van der Waals surface area contributed by atoms with Crippen molar-refractivity contribution in [3.63, 3.8) is 0 Å². The molecule has 6 heteroatoms. The molecule has 22 heavy (non-hydrogen) atoms. The predicted molar refractivity (Wildman–Crippen MR) is 89.8 cm³/mol. The number of carbonyl (C=O) groups is 1. The third-order valence-corrected chi connectivity index (χ3v) is 4.09. The van der Waals surface area contributed by atoms with Crippen LogP contribution in [0.25, 0.3) is 0 Å². The van der Waals surface area contributed by atoms with Gasteiger partial charge in [0.05, 0.1) is 6.54 Å². The van der Waals surface area contributed by atoms with Gasteiger partial charge in [-0.05, 0) is 25.7 Å². The van der Waals surface area contributed by atoms with Crippen LogP contribution in [0.4, 0.5) is 0 Å². The molecule has 0 aromatic heterocycles. The molecule has 0 aliphatic carbocycles. The van der Waals surface area contributed by atoms with Crippen molar-refractivity contribution in [2.75, 3.05) is 39.8 Å². The van der Waals surface area contributed by atoms with E-state index in [0.717, 1.165) is 38.4 Å². The van der Waals surface area contributed by atoms with Crippen LogP contribution in [-0.4, -0.2) is 61.7 Å². The quantitative estimate of drug-likeness (QED) is 0.501. The highest BCUT2D eigenvalue weighted by atomic mass is 16.3. The van der Waals surface area contributed by atoms with Gasteiger partial charge in [0.25, 0.3) is 0 Å². The maximum Gasteiger partial charge on any atom is 0.220 e. The molecule has 1 amide bonds. The highest BCUT2D eigenvalue weighted by molar-refractivity contribution is 5.80. The summed E-state index contributed by atoms with van der Waals surface area (Å²) in [6.07, 6.45) is 2.65. The molecule has 1 aliphatic rings. The Bertz CT molecular complexity index is 374. The van der Waals surface area contributed by atoms with E-state index in [2.05, 4.69) is 27.4 Å². The first-order chi connectivity index (χ1) is 10.4. The van der Waals surface area contributed by atoms with E-state index in [1.54, 1.807) is 7.05 Å². The summed E-state index contributed by atoms with van der Waals surface area (Å²) in [5, 5.41) is 15.4. The number of hydrogen-bond donors (Lipinski definition) is 3. The first kappa shape index (κ1) is 18.7. The lowest BCUT2D eigenvalue weighted by Gasteiger charge is -2.34. The number of hydrogen-bond acceptors (Lipinski definition) is 3. The van der Waals surface area contributed by atoms with Crippen molar-refractivity contribution in [3.05, 3.63) is 0 Å². The topological polar surface area (TPSA) is 77.0 Å². The van der Waals surface area contributed by atoms with Crippen molar-refractivity contribution in [2.24, 2.45) is 16.3 Å². The summed E-state index contributed by atoms with van der Waals surface area (Å²) in [5.41, 5.74) is -0.196. The number of aliphatic hydroxyl groups excluding tert-OH is 1. The van der Waals surface area contributed by atoms with Gasteiger partial charge in [0.2, 0.25) is 5.91 Å². The number of nitrogens with one attached hydrogen (secondary N) is 2. The largest absolute Gasteiger partial charge is 0.396 e. The fourth-order valence-corrected chi connectivity index (χ4v) is 2.48. The zero-order chi connectivity index (χ0) is 16.6. The van der Waals surface area contributed by atoms with Gasteiger partial charge in [-0.15, -0.1) is 0 Å². The van der Waals surface area contributed by atoms with Gasteiger partial charge in [-0.25, -0.2) is 0 Å². The number of likely N-dealkylation sites (tertiary alicyclic amines) is 1. The Morgan fingerprint density at radius 2 is 2.00 bits per heavy atom. The Hall–Kier alpha value is -1.30. The highest BCUT2D eigenvalue weighted by Crippen LogP contribution is 2.21. The van der Waals surface area contributed by atoms with Gasteiger partial charge < -0.3 is 20.6 Å². The zero-order valence-electron chi connectivity index (χ0n) is 14.5. The molecule has 1 fully saturated rings. The molecule has 6 nitrogen and oxygen atoms in total. The number of piperidine rings is 1. The molecule has 128 valence electrons. The van der Waals surface area contributed by atoms with Crippen molar-refractivity contribution < 1.29 is 9.90 Å². The summed E-state index contributed by atoms with van der Waals surface area (Å²) in [5.74, 6) is 1.51. The van der Waals surface area contributed by atoms with Crippen molar-refractivity contribution in [2.45, 2.75) is 40.0 Å². The van der Waals surface area contributed by atoms with Crippen LogP contribution in [0, 0.1) is 11.3 Å². The van der Waals surface area contributed by atoms with Gasteiger partial charge in [0, 0.05) is 45.1 Å². The predicted octanol–water partition coefficient (Wildman–Crippen LogP) is 0.819. The van der Waals surface area contributed by atoms with Crippen molar-refractivity contribution in [3.8, 4) is 0 Å². The lowest BCUT2D eigenvalue weighted by Crippen LogP contribution is -2.46. The molecule has 0 unspecified atom stereocenters. The van der Waals surface area contributed by atoms with Crippen LogP contribution in [0.2, 0.25) is 0 Å². The van der Waals surface area contributed by atoms with Crippen LogP contribution in [0.5, 0.6) is 0 Å². The molecule has 0 saturated carbocycles. The maximum atomic E-state index is 11.5. The Morgan fingerprint density at radius 3 is 2.50 bits per heavy atom. The van der Waals surface area contributed by atoms with Crippen LogP contribution < -0.4 is 10.6 Å². The average molecular weight is 312 g/mol. The molecule has 0 spiro atoms. The molecule has 1 heterocycles. The van der Waals surface area contributed by atoms with E-state index in [4.69, 9.17) is 0 Å². The van der Waals surface area contributed by atoms with E-state index in [9.17, 15) is 9.90 Å². The molecular formula is C16H32N4O2. The van der Waals surface area contributed by atoms with Crippen LogP contribution in [0.1, 0.15) is 40.0 Å². The highest BCUT2D eigenvalue weighted by Gasteiger charge is 2.24. The van der Waals surface area contributed by atoms with Crippen LogP contribution in [0.3, 0.4) is 0 Å². The standard InChI is InChI=1S/C16H32N4O2/c1-5-18-15(19-11-16(2,3)12-21)20-8-6-13(7-9-20)10-14(22)17-4/h13,21H,5-12H2,1-4H3,(H,17,22)(H,18,19). The Morgan fingerprint density at radius 1 is 1.36 bits per heavy atom. The number of nitrogens with zero attached hydrogens (tertiary/aromatic N) is 2. The molecule has 0 aromatic carbocycles. The minimum Gasteiger partial charge on any atom is -0.396 e. The summed E-state index contributed by atoms with van der Waals surface area (Å²) in [4.78, 5) is 18.4. The number of amides is 1. The van der Waals surface area contributed by atoms with Crippen molar-refractivity contribution in [1.82, 2.24) is 15.5 Å². The first-order valence-corrected chi connectivity index (χ1v) is 8.26. The van der Waals surface area contributed by atoms with Crippen LogP contribution in [0.15, 0.2) is 4.99 Å². The van der Waals surface area contributed by atoms with Gasteiger partial charge in [-0.1, -0.05) is 13.8 Å². The van der Waals surface area contributed by atoms with E-state index in [1.807, 2.05) is 13.8 Å². The second-order valence-corrected chi connectivity index (χ2v) is 6.80. The summed E-state index contributed by atoms with van der Waals surface area (Å²) < 4.78 is 0. The minimum atomic E-state index is -0.196. The average Bonchev–Trinajstić information content (AvgIpc) is 2.52. The second kappa shape index (κ2) is 8.98. The third kappa shape index (κ3) is 6.22. The number of aliphatic imine (C=N–C) groups is 1. The van der Waals surface area contributed by atoms with E-state index in [-0.39, 0.29) is 17.9 Å².